The number of nitrogens with one attached hydrogen (secondary N) is 1. The van der Waals surface area contributed by atoms with E-state index in [9.17, 15) is 13.2 Å². The van der Waals surface area contributed by atoms with Gasteiger partial charge in [-0.25, -0.2) is 0 Å². The van der Waals surface area contributed by atoms with Crippen molar-refractivity contribution in [2.45, 2.75) is 6.18 Å². The predicted octanol–water partition coefficient (Wildman–Crippen LogP) is 3.71. The van der Waals surface area contributed by atoms with Crippen LogP contribution in [0.5, 0.6) is 0 Å². The van der Waals surface area contributed by atoms with Crippen molar-refractivity contribution >= 4 is 22.6 Å². The molecule has 0 amide bonds. The molecule has 2 rings (SSSR count). The summed E-state index contributed by atoms with van der Waals surface area (Å²) in [6.07, 6.45) is -4.36. The maximum Gasteiger partial charge on any atom is 0.416 e. The summed E-state index contributed by atoms with van der Waals surface area (Å²) in [5.74, 6) is 0. The van der Waals surface area contributed by atoms with Crippen LogP contribution >= 0.6 is 11.8 Å². The van der Waals surface area contributed by atoms with Gasteiger partial charge in [0.05, 0.1) is 12.1 Å². The molecule has 1 aromatic rings. The summed E-state index contributed by atoms with van der Waals surface area (Å²) >= 11 is 1.17. The minimum atomic E-state index is -4.36. The summed E-state index contributed by atoms with van der Waals surface area (Å²) in [6, 6.07) is 4.97. The van der Waals surface area contributed by atoms with E-state index in [-0.39, 0.29) is 5.17 Å². The Labute approximate surface area is 101 Å². The maximum atomic E-state index is 12.5. The van der Waals surface area contributed by atoms with Crippen molar-refractivity contribution in [1.82, 2.24) is 0 Å². The Morgan fingerprint density at radius 2 is 2.06 bits per heavy atom. The van der Waals surface area contributed by atoms with Crippen LogP contribution in [0.15, 0.2) is 35.7 Å². The molecule has 0 saturated carbocycles. The number of anilines is 1. The van der Waals surface area contributed by atoms with E-state index < -0.39 is 11.7 Å². The topological polar surface area (TPSA) is 27.1 Å². The molecule has 17 heavy (non-hydrogen) atoms. The van der Waals surface area contributed by atoms with E-state index >= 15 is 0 Å². The van der Waals surface area contributed by atoms with Gasteiger partial charge in [-0.1, -0.05) is 24.4 Å². The lowest BCUT2D eigenvalue weighted by molar-refractivity contribution is -0.137. The summed E-state index contributed by atoms with van der Waals surface area (Å²) in [6.45, 7) is 4.09. The summed E-state index contributed by atoms with van der Waals surface area (Å²) < 4.78 is 37.6. The van der Waals surface area contributed by atoms with Gasteiger partial charge in [-0.3, -0.25) is 5.41 Å². The fraction of sp³-hybridized carbons (Fsp3) is 0.182. The van der Waals surface area contributed by atoms with E-state index in [0.717, 1.165) is 17.0 Å². The number of amidine groups is 1. The first-order valence-electron chi connectivity index (χ1n) is 4.77. The Hall–Kier alpha value is -1.43. The van der Waals surface area contributed by atoms with Gasteiger partial charge < -0.3 is 4.90 Å². The smallest absolute Gasteiger partial charge is 0.316 e. The molecule has 1 aliphatic rings. The van der Waals surface area contributed by atoms with Crippen LogP contribution < -0.4 is 4.90 Å². The van der Waals surface area contributed by atoms with E-state index in [1.807, 2.05) is 0 Å². The average molecular weight is 258 g/mol. The molecule has 1 heterocycles. The Bertz CT molecular complexity index is 482. The molecule has 1 fully saturated rings. The Kier molecular flexibility index (Phi) is 2.91. The van der Waals surface area contributed by atoms with Crippen LogP contribution in [0.4, 0.5) is 18.9 Å². The third-order valence-corrected chi connectivity index (χ3v) is 3.14. The van der Waals surface area contributed by atoms with Crippen LogP contribution in [0.25, 0.3) is 0 Å². The van der Waals surface area contributed by atoms with Gasteiger partial charge in [0.15, 0.2) is 5.17 Å². The molecule has 1 aromatic carbocycles. The molecule has 6 heteroatoms. The molecule has 1 aliphatic heterocycles. The molecule has 0 aliphatic carbocycles. The Morgan fingerprint density at radius 1 is 1.35 bits per heavy atom. The lowest BCUT2D eigenvalue weighted by atomic mass is 10.2. The first-order chi connectivity index (χ1) is 7.88. The van der Waals surface area contributed by atoms with Crippen molar-refractivity contribution in [2.75, 3.05) is 11.4 Å². The van der Waals surface area contributed by atoms with Gasteiger partial charge in [-0.2, -0.15) is 13.2 Å². The second-order valence-corrected chi connectivity index (χ2v) is 4.75. The highest BCUT2D eigenvalue weighted by Crippen LogP contribution is 2.35. The first-order valence-corrected chi connectivity index (χ1v) is 5.58. The molecule has 1 saturated heterocycles. The Balaban J connectivity index is 2.34. The summed E-state index contributed by atoms with van der Waals surface area (Å²) in [5.41, 5.74) is -0.332. The van der Waals surface area contributed by atoms with Gasteiger partial charge in [0, 0.05) is 10.6 Å². The number of rotatable bonds is 1. The number of thioether (sulfide) groups is 1. The highest BCUT2D eigenvalue weighted by molar-refractivity contribution is 8.17. The number of hydrogen-bond acceptors (Lipinski definition) is 2. The van der Waals surface area contributed by atoms with Gasteiger partial charge in [-0.15, -0.1) is 0 Å². The van der Waals surface area contributed by atoms with Crippen molar-refractivity contribution < 1.29 is 13.2 Å². The zero-order chi connectivity index (χ0) is 12.6. The Morgan fingerprint density at radius 3 is 2.59 bits per heavy atom. The fourth-order valence-electron chi connectivity index (χ4n) is 1.53. The molecule has 0 radical (unpaired) electrons. The van der Waals surface area contributed by atoms with Crippen molar-refractivity contribution in [3.63, 3.8) is 0 Å². The zero-order valence-electron chi connectivity index (χ0n) is 8.71. The van der Waals surface area contributed by atoms with Crippen molar-refractivity contribution in [2.24, 2.45) is 0 Å². The van der Waals surface area contributed by atoms with Crippen molar-refractivity contribution in [3.05, 3.63) is 41.3 Å². The largest absolute Gasteiger partial charge is 0.416 e. The highest BCUT2D eigenvalue weighted by Gasteiger charge is 2.31. The molecule has 0 atom stereocenters. The third-order valence-electron chi connectivity index (χ3n) is 2.31. The number of alkyl halides is 3. The van der Waals surface area contributed by atoms with Crippen molar-refractivity contribution in [3.8, 4) is 0 Å². The van der Waals surface area contributed by atoms with E-state index in [2.05, 4.69) is 6.58 Å². The summed E-state index contributed by atoms with van der Waals surface area (Å²) in [4.78, 5) is 2.26. The van der Waals surface area contributed by atoms with Crippen LogP contribution in [0.1, 0.15) is 5.56 Å². The third kappa shape index (κ3) is 2.46. The van der Waals surface area contributed by atoms with Crippen LogP contribution in [0.2, 0.25) is 0 Å². The molecule has 0 spiro atoms. The van der Waals surface area contributed by atoms with E-state index in [4.69, 9.17) is 5.41 Å². The SMILES string of the molecule is C=C1CN(c2cccc(C(F)(F)F)c2)C(=N)S1. The second-order valence-electron chi connectivity index (χ2n) is 3.58. The fourth-order valence-corrected chi connectivity index (χ4v) is 2.28. The van der Waals surface area contributed by atoms with Gasteiger partial charge in [0.2, 0.25) is 0 Å². The van der Waals surface area contributed by atoms with Crippen LogP contribution in [0, 0.1) is 5.41 Å². The molecular formula is C11H9F3N2S. The minimum absolute atomic E-state index is 0.203. The zero-order valence-corrected chi connectivity index (χ0v) is 9.53. The van der Waals surface area contributed by atoms with Gasteiger partial charge in [-0.05, 0) is 18.2 Å². The molecule has 0 bridgehead atoms. The lowest BCUT2D eigenvalue weighted by Crippen LogP contribution is -2.22. The molecule has 0 unspecified atom stereocenters. The van der Waals surface area contributed by atoms with Gasteiger partial charge >= 0.3 is 6.18 Å². The van der Waals surface area contributed by atoms with Crippen LogP contribution in [-0.2, 0) is 6.18 Å². The van der Waals surface area contributed by atoms with E-state index in [1.54, 1.807) is 6.07 Å². The van der Waals surface area contributed by atoms with Gasteiger partial charge in [0.1, 0.15) is 0 Å². The highest BCUT2D eigenvalue weighted by atomic mass is 32.2. The molecule has 90 valence electrons. The number of halogens is 3. The molecule has 2 nitrogen and oxygen atoms in total. The maximum absolute atomic E-state index is 12.5. The standard InChI is InChI=1S/C11H9F3N2S/c1-7-6-16(10(15)17-7)9-4-2-3-8(5-9)11(12,13)14/h2-5,15H,1,6H2. The number of benzene rings is 1. The number of nitrogens with zero attached hydrogens (tertiary/aromatic N) is 1. The van der Waals surface area contributed by atoms with E-state index in [1.165, 1.54) is 22.7 Å². The summed E-state index contributed by atoms with van der Waals surface area (Å²) in [5, 5.41) is 7.85. The summed E-state index contributed by atoms with van der Waals surface area (Å²) in [7, 11) is 0. The second kappa shape index (κ2) is 4.10. The number of hydrogen-bond donors (Lipinski definition) is 1. The lowest BCUT2D eigenvalue weighted by Gasteiger charge is -2.18. The minimum Gasteiger partial charge on any atom is -0.316 e. The molecular weight excluding hydrogens is 249 g/mol. The van der Waals surface area contributed by atoms with Crippen molar-refractivity contribution in [1.29, 1.82) is 5.41 Å². The quantitative estimate of drug-likeness (QED) is 0.831. The first kappa shape index (κ1) is 12.0. The molecule has 0 aromatic heterocycles. The predicted molar refractivity (Wildman–Crippen MR) is 63.2 cm³/mol. The van der Waals surface area contributed by atoms with Crippen LogP contribution in [0.3, 0.4) is 0 Å². The average Bonchev–Trinajstić information content (AvgIpc) is 2.57. The molecule has 1 N–H and O–H groups in total. The normalized spacial score (nSPS) is 16.8. The van der Waals surface area contributed by atoms with Gasteiger partial charge in [0.25, 0.3) is 0 Å². The monoisotopic (exact) mass is 258 g/mol. The van der Waals surface area contributed by atoms with E-state index in [0.29, 0.717) is 12.2 Å². The van der Waals surface area contributed by atoms with Crippen LogP contribution in [-0.4, -0.2) is 11.7 Å².